The number of benzene rings is 1. The van der Waals surface area contributed by atoms with Crippen molar-refractivity contribution >= 4 is 21.4 Å². The number of hydrogen-bond acceptors (Lipinski definition) is 4. The summed E-state index contributed by atoms with van der Waals surface area (Å²) in [5, 5.41) is 1.94. The highest BCUT2D eigenvalue weighted by molar-refractivity contribution is 7.89. The molecule has 0 saturated carbocycles. The first-order valence-corrected chi connectivity index (χ1v) is 8.55. The third-order valence-corrected chi connectivity index (χ3v) is 5.87. The molecule has 0 amide bonds. The maximum absolute atomic E-state index is 12.5. The maximum atomic E-state index is 12.5. The molecule has 1 heterocycles. The minimum atomic E-state index is -3.48. The molecule has 1 aromatic heterocycles. The van der Waals surface area contributed by atoms with E-state index < -0.39 is 10.0 Å². The van der Waals surface area contributed by atoms with E-state index in [1.54, 1.807) is 36.6 Å². The molecule has 0 aliphatic heterocycles. The Morgan fingerprint density at radius 3 is 2.65 bits per heavy atom. The molecule has 0 radical (unpaired) electrons. The van der Waals surface area contributed by atoms with Gasteiger partial charge < -0.3 is 5.73 Å². The topological polar surface area (TPSA) is 63.4 Å². The fourth-order valence-corrected chi connectivity index (χ4v) is 3.95. The molecule has 0 saturated heterocycles. The van der Waals surface area contributed by atoms with Gasteiger partial charge in [0.25, 0.3) is 0 Å². The Labute approximate surface area is 123 Å². The molecule has 0 atom stereocenters. The predicted molar refractivity (Wildman–Crippen MR) is 82.0 cm³/mol. The van der Waals surface area contributed by atoms with E-state index in [0.29, 0.717) is 18.0 Å². The van der Waals surface area contributed by atoms with Crippen molar-refractivity contribution in [2.45, 2.75) is 24.9 Å². The molecule has 6 heteroatoms. The van der Waals surface area contributed by atoms with Crippen LogP contribution in [0.1, 0.15) is 16.0 Å². The van der Waals surface area contributed by atoms with Crippen LogP contribution in [0.4, 0.5) is 0 Å². The lowest BCUT2D eigenvalue weighted by Crippen LogP contribution is -2.26. The van der Waals surface area contributed by atoms with E-state index in [-0.39, 0.29) is 0 Å². The Kier molecular flexibility index (Phi) is 4.59. The van der Waals surface area contributed by atoms with Gasteiger partial charge in [-0.05, 0) is 41.6 Å². The number of nitrogens with two attached hydrogens (primary N) is 1. The molecule has 2 rings (SSSR count). The first kappa shape index (κ1) is 15.2. The molecule has 0 aliphatic carbocycles. The normalized spacial score (nSPS) is 12.0. The summed E-state index contributed by atoms with van der Waals surface area (Å²) in [6.07, 6.45) is 0. The molecular formula is C14H18N2O2S2. The molecule has 0 fully saturated rings. The molecule has 2 aromatic rings. The highest BCUT2D eigenvalue weighted by Gasteiger charge is 2.21. The zero-order valence-electron chi connectivity index (χ0n) is 11.5. The second-order valence-corrected chi connectivity index (χ2v) is 7.71. The van der Waals surface area contributed by atoms with Gasteiger partial charge in [0.2, 0.25) is 10.0 Å². The van der Waals surface area contributed by atoms with Crippen molar-refractivity contribution in [2.75, 3.05) is 7.05 Å². The molecule has 0 spiro atoms. The number of sulfonamides is 1. The Morgan fingerprint density at radius 1 is 1.30 bits per heavy atom. The van der Waals surface area contributed by atoms with Gasteiger partial charge in [0, 0.05) is 25.0 Å². The quantitative estimate of drug-likeness (QED) is 0.922. The van der Waals surface area contributed by atoms with E-state index in [1.807, 2.05) is 24.4 Å². The standard InChI is InChI=1S/C14H18N2O2S2/c1-11-5-6-14(8-12(11)9-15)20(17,18)16(2)10-13-4-3-7-19-13/h3-8H,9-10,15H2,1-2H3. The van der Waals surface area contributed by atoms with Gasteiger partial charge in [0.15, 0.2) is 0 Å². The van der Waals surface area contributed by atoms with Crippen molar-refractivity contribution in [3.05, 3.63) is 51.7 Å². The Hall–Kier alpha value is -1.21. The summed E-state index contributed by atoms with van der Waals surface area (Å²) < 4.78 is 26.4. The molecule has 2 N–H and O–H groups in total. The van der Waals surface area contributed by atoms with Crippen molar-refractivity contribution in [1.29, 1.82) is 0 Å². The minimum Gasteiger partial charge on any atom is -0.326 e. The van der Waals surface area contributed by atoms with Crippen LogP contribution in [0.25, 0.3) is 0 Å². The third-order valence-electron chi connectivity index (χ3n) is 3.21. The van der Waals surface area contributed by atoms with Crippen molar-refractivity contribution in [3.8, 4) is 0 Å². The predicted octanol–water partition coefficient (Wildman–Crippen LogP) is 2.34. The monoisotopic (exact) mass is 310 g/mol. The fourth-order valence-electron chi connectivity index (χ4n) is 1.92. The second kappa shape index (κ2) is 6.05. The zero-order valence-corrected chi connectivity index (χ0v) is 13.2. The van der Waals surface area contributed by atoms with Crippen LogP contribution in [0.15, 0.2) is 40.6 Å². The molecule has 108 valence electrons. The number of aryl methyl sites for hydroxylation is 1. The van der Waals surface area contributed by atoms with E-state index >= 15 is 0 Å². The van der Waals surface area contributed by atoms with Gasteiger partial charge in [-0.1, -0.05) is 12.1 Å². The summed E-state index contributed by atoms with van der Waals surface area (Å²) >= 11 is 1.55. The molecular weight excluding hydrogens is 292 g/mol. The maximum Gasteiger partial charge on any atom is 0.243 e. The molecule has 20 heavy (non-hydrogen) atoms. The minimum absolute atomic E-state index is 0.294. The molecule has 0 unspecified atom stereocenters. The van der Waals surface area contributed by atoms with Crippen molar-refractivity contribution in [3.63, 3.8) is 0 Å². The summed E-state index contributed by atoms with van der Waals surface area (Å²) in [7, 11) is -1.89. The molecule has 1 aromatic carbocycles. The Bertz CT molecular complexity index is 679. The summed E-state index contributed by atoms with van der Waals surface area (Å²) in [4.78, 5) is 1.31. The van der Waals surface area contributed by atoms with Gasteiger partial charge in [-0.15, -0.1) is 11.3 Å². The summed E-state index contributed by atoms with van der Waals surface area (Å²) in [6.45, 7) is 2.64. The van der Waals surface area contributed by atoms with Crippen molar-refractivity contribution < 1.29 is 8.42 Å². The van der Waals surface area contributed by atoms with E-state index in [4.69, 9.17) is 5.73 Å². The van der Waals surface area contributed by atoms with Gasteiger partial charge in [0.1, 0.15) is 0 Å². The highest BCUT2D eigenvalue weighted by atomic mass is 32.2. The second-order valence-electron chi connectivity index (χ2n) is 4.63. The summed E-state index contributed by atoms with van der Waals surface area (Å²) in [6, 6.07) is 8.94. The average Bonchev–Trinajstić information content (AvgIpc) is 2.91. The fraction of sp³-hybridized carbons (Fsp3) is 0.286. The number of rotatable bonds is 5. The number of thiophene rings is 1. The van der Waals surface area contributed by atoms with Gasteiger partial charge in [-0.2, -0.15) is 4.31 Å². The van der Waals surface area contributed by atoms with Crippen LogP contribution in [0, 0.1) is 6.92 Å². The van der Waals surface area contributed by atoms with Gasteiger partial charge >= 0.3 is 0 Å². The van der Waals surface area contributed by atoms with E-state index in [0.717, 1.165) is 16.0 Å². The van der Waals surface area contributed by atoms with Crippen molar-refractivity contribution in [1.82, 2.24) is 4.31 Å². The van der Waals surface area contributed by atoms with Crippen LogP contribution >= 0.6 is 11.3 Å². The van der Waals surface area contributed by atoms with Crippen LogP contribution < -0.4 is 5.73 Å². The summed E-state index contributed by atoms with van der Waals surface area (Å²) in [5.41, 5.74) is 7.51. The lowest BCUT2D eigenvalue weighted by molar-refractivity contribution is 0.469. The SMILES string of the molecule is Cc1ccc(S(=O)(=O)N(C)Cc2cccs2)cc1CN. The first-order chi connectivity index (χ1) is 9.45. The van der Waals surface area contributed by atoms with E-state index in [9.17, 15) is 8.42 Å². The zero-order chi connectivity index (χ0) is 14.8. The van der Waals surface area contributed by atoms with E-state index in [1.165, 1.54) is 4.31 Å². The Morgan fingerprint density at radius 2 is 2.05 bits per heavy atom. The first-order valence-electron chi connectivity index (χ1n) is 6.23. The van der Waals surface area contributed by atoms with Crippen LogP contribution in [-0.4, -0.2) is 19.8 Å². The van der Waals surface area contributed by atoms with Gasteiger partial charge in [-0.25, -0.2) is 8.42 Å². The van der Waals surface area contributed by atoms with Crippen LogP contribution in [0.2, 0.25) is 0 Å². The lowest BCUT2D eigenvalue weighted by Gasteiger charge is -2.17. The number of nitrogens with zero attached hydrogens (tertiary/aromatic N) is 1. The van der Waals surface area contributed by atoms with Gasteiger partial charge in [-0.3, -0.25) is 0 Å². The van der Waals surface area contributed by atoms with Crippen LogP contribution in [-0.2, 0) is 23.1 Å². The van der Waals surface area contributed by atoms with E-state index in [2.05, 4.69) is 0 Å². The smallest absolute Gasteiger partial charge is 0.243 e. The molecule has 0 aliphatic rings. The van der Waals surface area contributed by atoms with Crippen LogP contribution in [0.3, 0.4) is 0 Å². The molecule has 0 bridgehead atoms. The lowest BCUT2D eigenvalue weighted by atomic mass is 10.1. The molecule has 4 nitrogen and oxygen atoms in total. The third kappa shape index (κ3) is 3.09. The van der Waals surface area contributed by atoms with Gasteiger partial charge in [0.05, 0.1) is 4.90 Å². The summed E-state index contributed by atoms with van der Waals surface area (Å²) in [5.74, 6) is 0. The average molecular weight is 310 g/mol. The Balaban J connectivity index is 2.29. The number of hydrogen-bond donors (Lipinski definition) is 1. The largest absolute Gasteiger partial charge is 0.326 e. The highest BCUT2D eigenvalue weighted by Crippen LogP contribution is 2.21. The van der Waals surface area contributed by atoms with Crippen molar-refractivity contribution in [2.24, 2.45) is 5.73 Å². The van der Waals surface area contributed by atoms with Crippen LogP contribution in [0.5, 0.6) is 0 Å².